The Hall–Kier alpha value is -1.59. The number of hydrogen-bond acceptors (Lipinski definition) is 4. The first-order valence-electron chi connectivity index (χ1n) is 6.22. The van der Waals surface area contributed by atoms with E-state index in [0.717, 1.165) is 17.7 Å². The maximum absolute atomic E-state index is 10.5. The fraction of sp³-hybridized carbons (Fsp3) is 0.500. The highest BCUT2D eigenvalue weighted by molar-refractivity contribution is 5.70. The van der Waals surface area contributed by atoms with Gasteiger partial charge in [0.05, 0.1) is 26.2 Å². The summed E-state index contributed by atoms with van der Waals surface area (Å²) in [4.78, 5) is 10.5. The number of rotatable bonds is 10. The van der Waals surface area contributed by atoms with Crippen LogP contribution in [0.5, 0.6) is 5.75 Å². The third-order valence-electron chi connectivity index (χ3n) is 2.41. The van der Waals surface area contributed by atoms with Crippen LogP contribution in [0, 0.1) is 0 Å². The summed E-state index contributed by atoms with van der Waals surface area (Å²) in [6.45, 7) is 2.41. The Labute approximate surface area is 113 Å². The summed E-state index contributed by atoms with van der Waals surface area (Å²) in [6.07, 6.45) is 0.841. The Morgan fingerprint density at radius 1 is 1.11 bits per heavy atom. The zero-order valence-electron chi connectivity index (χ0n) is 11.1. The molecule has 0 aliphatic heterocycles. The van der Waals surface area contributed by atoms with E-state index in [0.29, 0.717) is 26.4 Å². The second-order valence-electron chi connectivity index (χ2n) is 4.02. The number of ether oxygens (including phenoxy) is 3. The van der Waals surface area contributed by atoms with E-state index in [1.165, 1.54) is 0 Å². The molecule has 0 saturated carbocycles. The van der Waals surface area contributed by atoms with Gasteiger partial charge in [0, 0.05) is 20.1 Å². The number of methoxy groups -OCH3 is 1. The largest absolute Gasteiger partial charge is 0.494 e. The van der Waals surface area contributed by atoms with Gasteiger partial charge in [-0.3, -0.25) is 4.79 Å². The number of carboxylic acid groups (broad SMARTS) is 1. The summed E-state index contributed by atoms with van der Waals surface area (Å²) in [7, 11) is 1.64. The van der Waals surface area contributed by atoms with Gasteiger partial charge < -0.3 is 19.3 Å². The molecule has 1 N–H and O–H groups in total. The lowest BCUT2D eigenvalue weighted by molar-refractivity contribution is -0.136. The van der Waals surface area contributed by atoms with Gasteiger partial charge in [0.15, 0.2) is 0 Å². The monoisotopic (exact) mass is 268 g/mol. The molecular formula is C14H20O5. The summed E-state index contributed by atoms with van der Waals surface area (Å²) < 4.78 is 15.7. The van der Waals surface area contributed by atoms with Crippen molar-refractivity contribution in [3.05, 3.63) is 29.8 Å². The number of carboxylic acids is 1. The third kappa shape index (κ3) is 7.43. The normalized spacial score (nSPS) is 10.4. The van der Waals surface area contributed by atoms with Gasteiger partial charge in [-0.1, -0.05) is 12.1 Å². The first-order chi connectivity index (χ1) is 9.22. The topological polar surface area (TPSA) is 65.0 Å². The SMILES string of the molecule is COCCOCCCOc1ccc(CC(=O)O)cc1. The number of carbonyl (C=O) groups is 1. The molecule has 5 nitrogen and oxygen atoms in total. The van der Waals surface area contributed by atoms with Crippen LogP contribution in [-0.2, 0) is 20.7 Å². The molecule has 0 spiro atoms. The van der Waals surface area contributed by atoms with E-state index in [4.69, 9.17) is 19.3 Å². The molecule has 0 saturated heterocycles. The van der Waals surface area contributed by atoms with Crippen LogP contribution in [0.25, 0.3) is 0 Å². The summed E-state index contributed by atoms with van der Waals surface area (Å²) >= 11 is 0. The van der Waals surface area contributed by atoms with Crippen molar-refractivity contribution in [2.75, 3.05) is 33.5 Å². The summed E-state index contributed by atoms with van der Waals surface area (Å²) in [5, 5.41) is 8.64. The maximum atomic E-state index is 10.5. The molecule has 0 aliphatic carbocycles. The van der Waals surface area contributed by atoms with Crippen molar-refractivity contribution in [3.63, 3.8) is 0 Å². The van der Waals surface area contributed by atoms with Crippen LogP contribution in [-0.4, -0.2) is 44.6 Å². The highest BCUT2D eigenvalue weighted by Gasteiger charge is 2.00. The van der Waals surface area contributed by atoms with Crippen molar-refractivity contribution in [1.82, 2.24) is 0 Å². The predicted octanol–water partition coefficient (Wildman–Crippen LogP) is 1.75. The van der Waals surface area contributed by atoms with E-state index in [2.05, 4.69) is 0 Å². The van der Waals surface area contributed by atoms with Crippen LogP contribution in [0.1, 0.15) is 12.0 Å². The molecule has 106 valence electrons. The van der Waals surface area contributed by atoms with Crippen LogP contribution in [0.4, 0.5) is 0 Å². The van der Waals surface area contributed by atoms with E-state index in [-0.39, 0.29) is 6.42 Å². The summed E-state index contributed by atoms with van der Waals surface area (Å²) in [6, 6.07) is 7.09. The van der Waals surface area contributed by atoms with Gasteiger partial charge in [-0.25, -0.2) is 0 Å². The van der Waals surface area contributed by atoms with E-state index < -0.39 is 5.97 Å². The van der Waals surface area contributed by atoms with Crippen LogP contribution in [0.2, 0.25) is 0 Å². The molecular weight excluding hydrogens is 248 g/mol. The molecule has 5 heteroatoms. The average Bonchev–Trinajstić information content (AvgIpc) is 2.39. The van der Waals surface area contributed by atoms with Gasteiger partial charge >= 0.3 is 5.97 Å². The van der Waals surface area contributed by atoms with Crippen molar-refractivity contribution < 1.29 is 24.1 Å². The van der Waals surface area contributed by atoms with Crippen LogP contribution >= 0.6 is 0 Å². The first kappa shape index (κ1) is 15.5. The first-order valence-corrected chi connectivity index (χ1v) is 6.22. The molecule has 0 fully saturated rings. The Morgan fingerprint density at radius 2 is 1.84 bits per heavy atom. The van der Waals surface area contributed by atoms with E-state index in [1.54, 1.807) is 31.4 Å². The quantitative estimate of drug-likeness (QED) is 0.655. The molecule has 1 rings (SSSR count). The molecule has 1 aromatic carbocycles. The van der Waals surface area contributed by atoms with Crippen molar-refractivity contribution >= 4 is 5.97 Å². The molecule has 0 radical (unpaired) electrons. The lowest BCUT2D eigenvalue weighted by Gasteiger charge is -2.07. The highest BCUT2D eigenvalue weighted by Crippen LogP contribution is 2.12. The van der Waals surface area contributed by atoms with E-state index in [1.807, 2.05) is 0 Å². The fourth-order valence-electron chi connectivity index (χ4n) is 1.47. The van der Waals surface area contributed by atoms with E-state index >= 15 is 0 Å². The molecule has 0 aromatic heterocycles. The van der Waals surface area contributed by atoms with Crippen molar-refractivity contribution in [1.29, 1.82) is 0 Å². The average molecular weight is 268 g/mol. The lowest BCUT2D eigenvalue weighted by Crippen LogP contribution is -2.06. The van der Waals surface area contributed by atoms with Crippen LogP contribution in [0.15, 0.2) is 24.3 Å². The molecule has 0 aliphatic rings. The van der Waals surface area contributed by atoms with Gasteiger partial charge in [-0.05, 0) is 17.7 Å². The Kier molecular flexibility index (Phi) is 7.62. The molecule has 1 aromatic rings. The minimum absolute atomic E-state index is 0.0353. The lowest BCUT2D eigenvalue weighted by atomic mass is 10.1. The smallest absolute Gasteiger partial charge is 0.307 e. The van der Waals surface area contributed by atoms with Crippen molar-refractivity contribution in [2.24, 2.45) is 0 Å². The summed E-state index contributed by atoms with van der Waals surface area (Å²) in [5.74, 6) is -0.0899. The number of aliphatic carboxylic acids is 1. The zero-order valence-corrected chi connectivity index (χ0v) is 11.1. The Morgan fingerprint density at radius 3 is 2.47 bits per heavy atom. The molecule has 19 heavy (non-hydrogen) atoms. The predicted molar refractivity (Wildman–Crippen MR) is 70.6 cm³/mol. The molecule has 0 amide bonds. The fourth-order valence-corrected chi connectivity index (χ4v) is 1.47. The van der Waals surface area contributed by atoms with Crippen molar-refractivity contribution in [3.8, 4) is 5.75 Å². The second kappa shape index (κ2) is 9.35. The third-order valence-corrected chi connectivity index (χ3v) is 2.41. The van der Waals surface area contributed by atoms with Gasteiger partial charge in [0.2, 0.25) is 0 Å². The van der Waals surface area contributed by atoms with Gasteiger partial charge in [0.25, 0.3) is 0 Å². The van der Waals surface area contributed by atoms with Crippen molar-refractivity contribution in [2.45, 2.75) is 12.8 Å². The summed E-state index contributed by atoms with van der Waals surface area (Å²) in [5.41, 5.74) is 0.766. The van der Waals surface area contributed by atoms with Gasteiger partial charge in [-0.15, -0.1) is 0 Å². The molecule has 0 bridgehead atoms. The number of hydrogen-bond donors (Lipinski definition) is 1. The highest BCUT2D eigenvalue weighted by atomic mass is 16.5. The van der Waals surface area contributed by atoms with Gasteiger partial charge in [-0.2, -0.15) is 0 Å². The minimum Gasteiger partial charge on any atom is -0.494 e. The Bertz CT molecular complexity index is 361. The standard InChI is InChI=1S/C14H20O5/c1-17-9-10-18-7-2-8-19-13-5-3-12(4-6-13)11-14(15)16/h3-6H,2,7-11H2,1H3,(H,15,16). The molecule has 0 heterocycles. The molecule has 0 atom stereocenters. The minimum atomic E-state index is -0.832. The second-order valence-corrected chi connectivity index (χ2v) is 4.02. The Balaban J connectivity index is 2.14. The van der Waals surface area contributed by atoms with Crippen LogP contribution < -0.4 is 4.74 Å². The molecule has 0 unspecified atom stereocenters. The van der Waals surface area contributed by atoms with Crippen LogP contribution in [0.3, 0.4) is 0 Å². The maximum Gasteiger partial charge on any atom is 0.307 e. The zero-order chi connectivity index (χ0) is 13.9. The van der Waals surface area contributed by atoms with Gasteiger partial charge in [0.1, 0.15) is 5.75 Å². The van der Waals surface area contributed by atoms with E-state index in [9.17, 15) is 4.79 Å². The number of benzene rings is 1.